The van der Waals surface area contributed by atoms with Crippen molar-refractivity contribution < 1.29 is 14.8 Å². The number of pyridine rings is 1. The number of carbonyl (C=O) groups excluding carboxylic acids is 1. The molecule has 2 N–H and O–H groups in total. The number of rotatable bonds is 3. The number of amides is 1. The number of nitro groups is 1. The Kier molecular flexibility index (Phi) is 3.70. The molecule has 1 amide bonds. The number of nitrogens with zero attached hydrogens (tertiary/aromatic N) is 2. The van der Waals surface area contributed by atoms with E-state index >= 15 is 0 Å². The number of aryl methyl sites for hydroxylation is 1. The van der Waals surface area contributed by atoms with Crippen molar-refractivity contribution in [3.05, 3.63) is 62.6 Å². The van der Waals surface area contributed by atoms with Gasteiger partial charge in [0, 0.05) is 37.0 Å². The van der Waals surface area contributed by atoms with E-state index in [1.54, 1.807) is 0 Å². The van der Waals surface area contributed by atoms with Crippen LogP contribution >= 0.6 is 0 Å². The second-order valence-corrected chi connectivity index (χ2v) is 4.28. The largest absolute Gasteiger partial charge is 0.506 e. The zero-order valence-electron chi connectivity index (χ0n) is 10.9. The normalized spacial score (nSPS) is 10.1. The monoisotopic (exact) mass is 289 g/mol. The number of benzene rings is 1. The molecule has 8 heteroatoms. The molecule has 0 aliphatic carbocycles. The third-order valence-corrected chi connectivity index (χ3v) is 2.81. The molecule has 8 nitrogen and oxygen atoms in total. The third kappa shape index (κ3) is 3.06. The van der Waals surface area contributed by atoms with Crippen molar-refractivity contribution in [3.8, 4) is 5.75 Å². The van der Waals surface area contributed by atoms with Gasteiger partial charge < -0.3 is 15.0 Å². The Balaban J connectivity index is 2.30. The maximum Gasteiger partial charge on any atom is 0.271 e. The number of nitrogens with one attached hydrogen (secondary N) is 1. The zero-order valence-corrected chi connectivity index (χ0v) is 10.9. The molecule has 0 saturated carbocycles. The van der Waals surface area contributed by atoms with Crippen LogP contribution in [0.25, 0.3) is 0 Å². The predicted octanol–water partition coefficient (Wildman–Crippen LogP) is 1.25. The molecule has 0 bridgehead atoms. The van der Waals surface area contributed by atoms with Crippen molar-refractivity contribution in [2.45, 2.75) is 0 Å². The summed E-state index contributed by atoms with van der Waals surface area (Å²) < 4.78 is 1.29. The van der Waals surface area contributed by atoms with Crippen LogP contribution in [0.1, 0.15) is 10.4 Å². The summed E-state index contributed by atoms with van der Waals surface area (Å²) in [6.07, 6.45) is 1.42. The minimum Gasteiger partial charge on any atom is -0.506 e. The van der Waals surface area contributed by atoms with Gasteiger partial charge in [-0.2, -0.15) is 0 Å². The fraction of sp³-hybridized carbons (Fsp3) is 0.0769. The Morgan fingerprint density at radius 3 is 2.67 bits per heavy atom. The highest BCUT2D eigenvalue weighted by molar-refractivity contribution is 6.05. The number of phenols is 1. The summed E-state index contributed by atoms with van der Waals surface area (Å²) in [5.41, 5.74) is -0.656. The quantitative estimate of drug-likeness (QED) is 0.501. The van der Waals surface area contributed by atoms with Gasteiger partial charge in [0.15, 0.2) is 0 Å². The highest BCUT2D eigenvalue weighted by Gasteiger charge is 2.14. The molecule has 108 valence electrons. The van der Waals surface area contributed by atoms with Crippen molar-refractivity contribution in [2.75, 3.05) is 5.32 Å². The van der Waals surface area contributed by atoms with Gasteiger partial charge in [-0.3, -0.25) is 19.7 Å². The topological polar surface area (TPSA) is 114 Å². The van der Waals surface area contributed by atoms with E-state index < -0.39 is 10.8 Å². The molecule has 1 aromatic heterocycles. The van der Waals surface area contributed by atoms with Gasteiger partial charge in [0.05, 0.1) is 10.6 Å². The summed E-state index contributed by atoms with van der Waals surface area (Å²) >= 11 is 0. The van der Waals surface area contributed by atoms with Crippen molar-refractivity contribution in [3.63, 3.8) is 0 Å². The number of non-ortho nitro benzene ring substituents is 1. The molecule has 0 aliphatic rings. The molecule has 2 aromatic rings. The van der Waals surface area contributed by atoms with Crippen LogP contribution in [-0.2, 0) is 7.05 Å². The van der Waals surface area contributed by atoms with E-state index in [-0.39, 0.29) is 28.2 Å². The van der Waals surface area contributed by atoms with Crippen LogP contribution in [-0.4, -0.2) is 20.5 Å². The number of nitro benzene ring substituents is 1. The number of hydrogen-bond donors (Lipinski definition) is 2. The van der Waals surface area contributed by atoms with E-state index in [9.17, 15) is 24.8 Å². The fourth-order valence-corrected chi connectivity index (χ4v) is 1.62. The van der Waals surface area contributed by atoms with E-state index in [1.165, 1.54) is 23.9 Å². The number of aromatic nitrogens is 1. The van der Waals surface area contributed by atoms with E-state index in [4.69, 9.17) is 0 Å². The second kappa shape index (κ2) is 5.45. The number of aromatic hydroxyl groups is 1. The molecule has 1 aromatic carbocycles. The summed E-state index contributed by atoms with van der Waals surface area (Å²) in [5, 5.41) is 22.6. The number of carbonyl (C=O) groups is 1. The molecule has 0 radical (unpaired) electrons. The minimum absolute atomic E-state index is 0.0870. The first-order valence-electron chi connectivity index (χ1n) is 5.84. The van der Waals surface area contributed by atoms with Crippen LogP contribution in [0.3, 0.4) is 0 Å². The summed E-state index contributed by atoms with van der Waals surface area (Å²) in [6, 6.07) is 5.81. The van der Waals surface area contributed by atoms with Gasteiger partial charge in [-0.05, 0) is 12.1 Å². The second-order valence-electron chi connectivity index (χ2n) is 4.28. The molecule has 0 fully saturated rings. The van der Waals surface area contributed by atoms with Gasteiger partial charge in [-0.25, -0.2) is 0 Å². The lowest BCUT2D eigenvalue weighted by atomic mass is 10.2. The van der Waals surface area contributed by atoms with Gasteiger partial charge in [0.25, 0.3) is 17.2 Å². The maximum absolute atomic E-state index is 12.0. The maximum atomic E-state index is 12.0. The Morgan fingerprint density at radius 1 is 1.33 bits per heavy atom. The van der Waals surface area contributed by atoms with E-state index in [1.807, 2.05) is 0 Å². The molecule has 0 spiro atoms. The van der Waals surface area contributed by atoms with Crippen molar-refractivity contribution in [1.29, 1.82) is 0 Å². The molecular formula is C13H11N3O5. The van der Waals surface area contributed by atoms with E-state index in [2.05, 4.69) is 5.32 Å². The van der Waals surface area contributed by atoms with Crippen LogP contribution < -0.4 is 10.9 Å². The molecule has 0 aliphatic heterocycles. The SMILES string of the molecule is Cn1ccc(C(=O)Nc2cc([N+](=O)[O-])ccc2O)cc1=O. The Bertz CT molecular complexity index is 782. The lowest BCUT2D eigenvalue weighted by Crippen LogP contribution is -2.20. The molecule has 21 heavy (non-hydrogen) atoms. The standard InChI is InChI=1S/C13H11N3O5/c1-15-5-4-8(6-12(15)18)13(19)14-10-7-9(16(20)21)2-3-11(10)17/h2-7,17H,1H3,(H,14,19). The van der Waals surface area contributed by atoms with Crippen molar-refractivity contribution in [1.82, 2.24) is 4.57 Å². The number of hydrogen-bond acceptors (Lipinski definition) is 5. The average molecular weight is 289 g/mol. The number of phenolic OH excluding ortho intramolecular Hbond substituents is 1. The minimum atomic E-state index is -0.650. The van der Waals surface area contributed by atoms with Crippen molar-refractivity contribution >= 4 is 17.3 Å². The summed E-state index contributed by atoms with van der Waals surface area (Å²) in [6.45, 7) is 0. The highest BCUT2D eigenvalue weighted by atomic mass is 16.6. The molecule has 0 saturated heterocycles. The van der Waals surface area contributed by atoms with Gasteiger partial charge in [-0.15, -0.1) is 0 Å². The summed E-state index contributed by atoms with van der Waals surface area (Å²) in [4.78, 5) is 33.4. The molecular weight excluding hydrogens is 278 g/mol. The predicted molar refractivity (Wildman–Crippen MR) is 74.4 cm³/mol. The molecule has 2 rings (SSSR count). The lowest BCUT2D eigenvalue weighted by molar-refractivity contribution is -0.384. The van der Waals surface area contributed by atoms with Crippen LogP contribution in [0, 0.1) is 10.1 Å². The third-order valence-electron chi connectivity index (χ3n) is 2.81. The Labute approximate surface area is 118 Å². The van der Waals surface area contributed by atoms with Gasteiger partial charge >= 0.3 is 0 Å². The molecule has 1 heterocycles. The van der Waals surface area contributed by atoms with Crippen molar-refractivity contribution in [2.24, 2.45) is 7.05 Å². The van der Waals surface area contributed by atoms with E-state index in [0.29, 0.717) is 0 Å². The van der Waals surface area contributed by atoms with Crippen LogP contribution in [0.15, 0.2) is 41.3 Å². The van der Waals surface area contributed by atoms with Crippen LogP contribution in [0.4, 0.5) is 11.4 Å². The lowest BCUT2D eigenvalue weighted by Gasteiger charge is -2.07. The summed E-state index contributed by atoms with van der Waals surface area (Å²) in [7, 11) is 1.54. The fourth-order valence-electron chi connectivity index (χ4n) is 1.62. The number of anilines is 1. The zero-order chi connectivity index (χ0) is 15.6. The first-order valence-corrected chi connectivity index (χ1v) is 5.84. The van der Waals surface area contributed by atoms with E-state index in [0.717, 1.165) is 24.3 Å². The molecule has 0 unspecified atom stereocenters. The summed E-state index contributed by atoms with van der Waals surface area (Å²) in [5.74, 6) is -0.957. The first-order chi connectivity index (χ1) is 9.88. The van der Waals surface area contributed by atoms with Crippen LogP contribution in [0.2, 0.25) is 0 Å². The Hall–Kier alpha value is -3.16. The highest BCUT2D eigenvalue weighted by Crippen LogP contribution is 2.28. The van der Waals surface area contributed by atoms with Gasteiger partial charge in [0.2, 0.25) is 0 Å². The Morgan fingerprint density at radius 2 is 2.05 bits per heavy atom. The van der Waals surface area contributed by atoms with Gasteiger partial charge in [-0.1, -0.05) is 0 Å². The molecule has 0 atom stereocenters. The van der Waals surface area contributed by atoms with Gasteiger partial charge in [0.1, 0.15) is 5.75 Å². The van der Waals surface area contributed by atoms with Crippen LogP contribution in [0.5, 0.6) is 5.75 Å². The first kappa shape index (κ1) is 14.3. The smallest absolute Gasteiger partial charge is 0.271 e. The average Bonchev–Trinajstić information content (AvgIpc) is 2.43.